The fourth-order valence-corrected chi connectivity index (χ4v) is 3.10. The summed E-state index contributed by atoms with van der Waals surface area (Å²) in [7, 11) is 0. The lowest BCUT2D eigenvalue weighted by Crippen LogP contribution is -2.33. The smallest absolute Gasteiger partial charge is 0.129 e. The molecule has 21 heavy (non-hydrogen) atoms. The van der Waals surface area contributed by atoms with Crippen molar-refractivity contribution in [3.8, 4) is 0 Å². The van der Waals surface area contributed by atoms with E-state index in [0.717, 1.165) is 12.0 Å². The molecule has 1 aliphatic rings. The third-order valence-electron chi connectivity index (χ3n) is 3.87. The second-order valence-corrected chi connectivity index (χ2v) is 5.94. The van der Waals surface area contributed by atoms with Crippen LogP contribution in [-0.4, -0.2) is 16.7 Å². The number of pyridine rings is 1. The van der Waals surface area contributed by atoms with Crippen LogP contribution in [0.15, 0.2) is 42.6 Å². The van der Waals surface area contributed by atoms with Crippen LogP contribution in [0.1, 0.15) is 30.2 Å². The minimum atomic E-state index is -0.849. The second kappa shape index (κ2) is 5.93. The summed E-state index contributed by atoms with van der Waals surface area (Å²) in [4.78, 5) is 4.24. The average Bonchev–Trinajstić information content (AvgIpc) is 3.01. The lowest BCUT2D eigenvalue weighted by atomic mass is 9.84. The molecule has 3 rings (SSSR count). The van der Waals surface area contributed by atoms with Gasteiger partial charge in [0.15, 0.2) is 0 Å². The molecule has 2 heterocycles. The predicted octanol–water partition coefficient (Wildman–Crippen LogP) is 4.13. The van der Waals surface area contributed by atoms with Crippen LogP contribution < -0.4 is 0 Å². The quantitative estimate of drug-likeness (QED) is 0.923. The number of aromatic nitrogens is 1. The molecule has 0 radical (unpaired) electrons. The molecule has 0 saturated carbocycles. The van der Waals surface area contributed by atoms with Crippen LogP contribution in [0.25, 0.3) is 0 Å². The number of aliphatic hydroxyl groups is 1. The summed E-state index contributed by atoms with van der Waals surface area (Å²) >= 11 is 12.1. The van der Waals surface area contributed by atoms with Gasteiger partial charge in [0.2, 0.25) is 0 Å². The van der Waals surface area contributed by atoms with Gasteiger partial charge in [0.1, 0.15) is 11.7 Å². The minimum Gasteiger partial charge on any atom is -0.383 e. The maximum absolute atomic E-state index is 10.8. The van der Waals surface area contributed by atoms with E-state index in [4.69, 9.17) is 27.9 Å². The Morgan fingerprint density at radius 1 is 1.19 bits per heavy atom. The molecule has 1 aliphatic heterocycles. The van der Waals surface area contributed by atoms with Gasteiger partial charge >= 0.3 is 0 Å². The summed E-state index contributed by atoms with van der Waals surface area (Å²) in [6.07, 6.45) is 2.40. The molecular formula is C16H15Cl2NO2. The van der Waals surface area contributed by atoms with Crippen LogP contribution in [0.5, 0.6) is 0 Å². The van der Waals surface area contributed by atoms with Crippen molar-refractivity contribution in [1.29, 1.82) is 0 Å². The Hall–Kier alpha value is -1.13. The third kappa shape index (κ3) is 2.67. The van der Waals surface area contributed by atoms with E-state index >= 15 is 0 Å². The topological polar surface area (TPSA) is 42.4 Å². The second-order valence-electron chi connectivity index (χ2n) is 5.13. The highest BCUT2D eigenvalue weighted by molar-refractivity contribution is 6.42. The van der Waals surface area contributed by atoms with E-state index in [9.17, 15) is 5.11 Å². The number of benzene rings is 1. The number of hydrogen-bond donors (Lipinski definition) is 1. The molecule has 1 fully saturated rings. The SMILES string of the molecule is OC(c1ccccn1)C1(c2ccc(Cl)c(Cl)c2)CCCO1. The Bertz CT molecular complexity index is 627. The van der Waals surface area contributed by atoms with Crippen molar-refractivity contribution >= 4 is 23.2 Å². The molecule has 1 aromatic carbocycles. The maximum atomic E-state index is 10.8. The van der Waals surface area contributed by atoms with Crippen LogP contribution in [0.3, 0.4) is 0 Å². The van der Waals surface area contributed by atoms with Crippen molar-refractivity contribution in [1.82, 2.24) is 4.98 Å². The zero-order valence-corrected chi connectivity index (χ0v) is 12.8. The van der Waals surface area contributed by atoms with Crippen LogP contribution in [-0.2, 0) is 10.3 Å². The first kappa shape index (κ1) is 14.8. The van der Waals surface area contributed by atoms with Crippen LogP contribution in [0.4, 0.5) is 0 Å². The molecule has 1 aromatic heterocycles. The normalized spacial score (nSPS) is 23.2. The number of ether oxygens (including phenoxy) is 1. The van der Waals surface area contributed by atoms with Gasteiger partial charge in [-0.3, -0.25) is 4.98 Å². The van der Waals surface area contributed by atoms with Gasteiger partial charge in [-0.2, -0.15) is 0 Å². The van der Waals surface area contributed by atoms with Gasteiger partial charge in [-0.25, -0.2) is 0 Å². The zero-order chi connectivity index (χ0) is 14.9. The summed E-state index contributed by atoms with van der Waals surface area (Å²) in [6, 6.07) is 10.8. The van der Waals surface area contributed by atoms with Crippen molar-refractivity contribution in [2.45, 2.75) is 24.5 Å². The lowest BCUT2D eigenvalue weighted by molar-refractivity contribution is -0.100. The molecule has 2 unspecified atom stereocenters. The van der Waals surface area contributed by atoms with E-state index < -0.39 is 11.7 Å². The molecule has 110 valence electrons. The molecular weight excluding hydrogens is 309 g/mol. The minimum absolute atomic E-state index is 0.456. The first-order chi connectivity index (χ1) is 10.1. The van der Waals surface area contributed by atoms with Gasteiger partial charge in [0, 0.05) is 12.8 Å². The molecule has 5 heteroatoms. The molecule has 2 atom stereocenters. The number of aliphatic hydroxyl groups excluding tert-OH is 1. The summed E-state index contributed by atoms with van der Waals surface area (Å²) < 4.78 is 5.95. The van der Waals surface area contributed by atoms with E-state index in [2.05, 4.69) is 4.98 Å². The monoisotopic (exact) mass is 323 g/mol. The number of rotatable bonds is 3. The third-order valence-corrected chi connectivity index (χ3v) is 4.61. The van der Waals surface area contributed by atoms with Gasteiger partial charge < -0.3 is 9.84 Å². The largest absolute Gasteiger partial charge is 0.383 e. The molecule has 1 saturated heterocycles. The highest BCUT2D eigenvalue weighted by Crippen LogP contribution is 2.46. The molecule has 0 amide bonds. The fraction of sp³-hybridized carbons (Fsp3) is 0.312. The first-order valence-corrected chi connectivity index (χ1v) is 7.57. The number of nitrogens with zero attached hydrogens (tertiary/aromatic N) is 1. The molecule has 0 bridgehead atoms. The Morgan fingerprint density at radius 2 is 2.05 bits per heavy atom. The van der Waals surface area contributed by atoms with E-state index in [1.807, 2.05) is 18.2 Å². The zero-order valence-electron chi connectivity index (χ0n) is 11.3. The number of hydrogen-bond acceptors (Lipinski definition) is 3. The lowest BCUT2D eigenvalue weighted by Gasteiger charge is -2.34. The van der Waals surface area contributed by atoms with Crippen molar-refractivity contribution in [2.75, 3.05) is 6.61 Å². The van der Waals surface area contributed by atoms with E-state index in [1.54, 1.807) is 24.4 Å². The molecule has 2 aromatic rings. The average molecular weight is 324 g/mol. The Labute approximate surface area is 133 Å². The Morgan fingerprint density at radius 3 is 2.67 bits per heavy atom. The van der Waals surface area contributed by atoms with Gasteiger partial charge in [0.05, 0.1) is 15.7 Å². The van der Waals surface area contributed by atoms with Crippen molar-refractivity contribution in [3.63, 3.8) is 0 Å². The number of halogens is 2. The maximum Gasteiger partial charge on any atom is 0.129 e. The molecule has 0 spiro atoms. The van der Waals surface area contributed by atoms with E-state index in [0.29, 0.717) is 28.8 Å². The fourth-order valence-electron chi connectivity index (χ4n) is 2.80. The Kier molecular flexibility index (Phi) is 4.18. The summed E-state index contributed by atoms with van der Waals surface area (Å²) in [5.74, 6) is 0. The summed E-state index contributed by atoms with van der Waals surface area (Å²) in [5, 5.41) is 11.8. The van der Waals surface area contributed by atoms with Gasteiger partial charge in [0.25, 0.3) is 0 Å². The van der Waals surface area contributed by atoms with Crippen molar-refractivity contribution < 1.29 is 9.84 Å². The van der Waals surface area contributed by atoms with Crippen LogP contribution >= 0.6 is 23.2 Å². The van der Waals surface area contributed by atoms with Crippen molar-refractivity contribution in [3.05, 3.63) is 63.9 Å². The standard InChI is InChI=1S/C16H15Cl2NO2/c17-12-6-5-11(10-13(12)18)16(7-3-9-21-16)15(20)14-4-1-2-8-19-14/h1-2,4-6,8,10,15,20H,3,7,9H2. The van der Waals surface area contributed by atoms with Crippen LogP contribution in [0, 0.1) is 0 Å². The van der Waals surface area contributed by atoms with Gasteiger partial charge in [-0.15, -0.1) is 0 Å². The summed E-state index contributed by atoms with van der Waals surface area (Å²) in [6.45, 7) is 0.601. The van der Waals surface area contributed by atoms with Gasteiger partial charge in [-0.1, -0.05) is 35.3 Å². The van der Waals surface area contributed by atoms with E-state index in [-0.39, 0.29) is 0 Å². The first-order valence-electron chi connectivity index (χ1n) is 6.82. The highest BCUT2D eigenvalue weighted by Gasteiger charge is 2.45. The van der Waals surface area contributed by atoms with Crippen molar-refractivity contribution in [2.24, 2.45) is 0 Å². The van der Waals surface area contributed by atoms with E-state index in [1.165, 1.54) is 0 Å². The predicted molar refractivity (Wildman–Crippen MR) is 82.5 cm³/mol. The Balaban J connectivity index is 2.05. The molecule has 0 aliphatic carbocycles. The molecule has 1 N–H and O–H groups in total. The highest BCUT2D eigenvalue weighted by atomic mass is 35.5. The van der Waals surface area contributed by atoms with Crippen LogP contribution in [0.2, 0.25) is 10.0 Å². The summed E-state index contributed by atoms with van der Waals surface area (Å²) in [5.41, 5.74) is 0.598. The van der Waals surface area contributed by atoms with Gasteiger partial charge in [-0.05, 0) is 42.7 Å². The molecule has 3 nitrogen and oxygen atoms in total.